The van der Waals surface area contributed by atoms with E-state index in [1.165, 1.54) is 28.0 Å². The van der Waals surface area contributed by atoms with Gasteiger partial charge in [-0.2, -0.15) is 0 Å². The number of aromatic nitrogens is 1. The lowest BCUT2D eigenvalue weighted by atomic mass is 9.75. The van der Waals surface area contributed by atoms with E-state index >= 15 is 0 Å². The molecule has 7 heteroatoms. The molecule has 1 heterocycles. The van der Waals surface area contributed by atoms with Gasteiger partial charge in [0, 0.05) is 31.9 Å². The first-order valence-electron chi connectivity index (χ1n) is 11.5. The second kappa shape index (κ2) is 12.8. The molecule has 0 fully saturated rings. The normalized spacial score (nSPS) is 16.8. The first-order chi connectivity index (χ1) is 16.3. The van der Waals surface area contributed by atoms with Crippen LogP contribution in [0.4, 0.5) is 5.69 Å². The van der Waals surface area contributed by atoms with Crippen molar-refractivity contribution in [3.05, 3.63) is 95.4 Å². The molecule has 2 aromatic rings. The Hall–Kier alpha value is -2.74. The Bertz CT molecular complexity index is 1060. The average Bonchev–Trinajstić information content (AvgIpc) is 2.75. The van der Waals surface area contributed by atoms with Gasteiger partial charge in [-0.15, -0.1) is 10.2 Å². The molecule has 0 amide bonds. The molecule has 3 rings (SSSR count). The molecule has 0 spiro atoms. The molecule has 6 nitrogen and oxygen atoms in total. The summed E-state index contributed by atoms with van der Waals surface area (Å²) in [4.78, 5) is 2.12. The molecule has 0 atom stereocenters. The van der Waals surface area contributed by atoms with Crippen molar-refractivity contribution in [3.63, 3.8) is 0 Å². The molecule has 1 aliphatic carbocycles. The van der Waals surface area contributed by atoms with Crippen molar-refractivity contribution in [1.29, 1.82) is 0 Å². The number of halogens is 1. The number of hydrogen-bond donors (Lipinski definition) is 0. The van der Waals surface area contributed by atoms with E-state index in [1.54, 1.807) is 0 Å². The predicted octanol–water partition coefficient (Wildman–Crippen LogP) is 1.70. The Morgan fingerprint density at radius 1 is 0.886 bits per heavy atom. The van der Waals surface area contributed by atoms with Crippen LogP contribution in [0.2, 0.25) is 0 Å². The highest BCUT2D eigenvalue weighted by atomic mass is 35.7. The number of allylic oxidation sites excluding steroid dienone is 6. The van der Waals surface area contributed by atoms with Gasteiger partial charge in [0.2, 0.25) is 0 Å². The summed E-state index contributed by atoms with van der Waals surface area (Å²) in [5.74, 6) is 0. The molecule has 0 unspecified atom stereocenters. The molecule has 1 aromatic carbocycles. The van der Waals surface area contributed by atoms with Gasteiger partial charge in [-0.05, 0) is 59.6 Å². The van der Waals surface area contributed by atoms with Crippen molar-refractivity contribution >= 4 is 17.8 Å². The number of aryl methyl sites for hydroxylation is 1. The maximum Gasteiger partial charge on any atom is 0.169 e. The highest BCUT2D eigenvalue weighted by Crippen LogP contribution is 2.39. The molecular formula is C28H35ClN2O4. The van der Waals surface area contributed by atoms with Gasteiger partial charge >= 0.3 is 0 Å². The minimum absolute atomic E-state index is 0.282. The van der Waals surface area contributed by atoms with E-state index in [0.717, 1.165) is 19.4 Å². The van der Waals surface area contributed by atoms with Crippen LogP contribution >= 0.6 is 0 Å². The molecular weight excluding hydrogens is 464 g/mol. The van der Waals surface area contributed by atoms with Crippen LogP contribution in [0.3, 0.4) is 0 Å². The van der Waals surface area contributed by atoms with Gasteiger partial charge < -0.3 is 4.90 Å². The van der Waals surface area contributed by atoms with Crippen LogP contribution in [0.1, 0.15) is 44.7 Å². The van der Waals surface area contributed by atoms with Gasteiger partial charge in [0.1, 0.15) is 6.54 Å². The van der Waals surface area contributed by atoms with Gasteiger partial charge in [-0.1, -0.05) is 62.4 Å². The van der Waals surface area contributed by atoms with Gasteiger partial charge in [-0.3, -0.25) is 0 Å². The van der Waals surface area contributed by atoms with Crippen LogP contribution < -0.4 is 28.1 Å². The maximum atomic E-state index is 8.49. The first-order valence-corrected chi connectivity index (χ1v) is 12.7. The minimum atomic E-state index is -4.94. The fourth-order valence-corrected chi connectivity index (χ4v) is 3.93. The summed E-state index contributed by atoms with van der Waals surface area (Å²) >= 11 is 0. The lowest BCUT2D eigenvalue weighted by molar-refractivity contribution is -2.00. The highest BCUT2D eigenvalue weighted by molar-refractivity contribution is 5.58. The number of nitrogens with zero attached hydrogens (tertiary/aromatic N) is 2. The van der Waals surface area contributed by atoms with E-state index in [9.17, 15) is 0 Å². The Morgan fingerprint density at radius 2 is 1.46 bits per heavy atom. The summed E-state index contributed by atoms with van der Waals surface area (Å²) in [5.41, 5.74) is 6.79. The van der Waals surface area contributed by atoms with Gasteiger partial charge in [-0.25, -0.2) is 23.2 Å². The predicted molar refractivity (Wildman–Crippen MR) is 130 cm³/mol. The van der Waals surface area contributed by atoms with Crippen molar-refractivity contribution in [2.75, 3.05) is 19.0 Å². The highest BCUT2D eigenvalue weighted by Gasteiger charge is 2.24. The van der Waals surface area contributed by atoms with E-state index in [-0.39, 0.29) is 5.41 Å². The van der Waals surface area contributed by atoms with Crippen LogP contribution in [0, 0.1) is 15.7 Å². The van der Waals surface area contributed by atoms with E-state index in [2.05, 4.69) is 130 Å². The number of benzene rings is 1. The number of anilines is 1. The smallest absolute Gasteiger partial charge is 0.169 e. The summed E-state index contributed by atoms with van der Waals surface area (Å²) in [6.45, 7) is 7.89. The molecule has 1 aromatic heterocycles. The van der Waals surface area contributed by atoms with Crippen molar-refractivity contribution < 1.29 is 33.4 Å². The van der Waals surface area contributed by atoms with Gasteiger partial charge in [0.25, 0.3) is 0 Å². The standard InChI is InChI=1S/C28H35N2.ClHO4/c1-6-30-17-15-24(16-18-30)19-26-20-25(21-28(2,3)22-26)10-8-7-9-23-11-13-27(14-12-23)29(4)5;2-1(3,4)5/h7-20H,6,21-22H2,1-5H3;(H,2,3,4,5)/q+1;/p-1. The molecule has 188 valence electrons. The summed E-state index contributed by atoms with van der Waals surface area (Å²) in [7, 11) is -0.816. The van der Waals surface area contributed by atoms with Crippen LogP contribution in [0.15, 0.2) is 84.2 Å². The molecule has 0 aliphatic heterocycles. The topological polar surface area (TPSA) is 99.4 Å². The second-order valence-electron chi connectivity index (χ2n) is 9.50. The third-order valence-electron chi connectivity index (χ3n) is 5.49. The summed E-state index contributed by atoms with van der Waals surface area (Å²) in [5, 5.41) is 0. The van der Waals surface area contributed by atoms with E-state index in [0.29, 0.717) is 0 Å². The van der Waals surface area contributed by atoms with E-state index in [4.69, 9.17) is 18.6 Å². The van der Waals surface area contributed by atoms with Crippen molar-refractivity contribution in [3.8, 4) is 0 Å². The Labute approximate surface area is 211 Å². The quantitative estimate of drug-likeness (QED) is 0.446. The van der Waals surface area contributed by atoms with Crippen LogP contribution in [-0.2, 0) is 6.54 Å². The molecule has 0 saturated carbocycles. The SMILES string of the molecule is CC[n+]1ccc(C=C2C=C(C=CC=Cc3ccc(N(C)C)cc3)CC(C)(C)C2)cc1.[O-][Cl+3]([O-])([O-])[O-]. The van der Waals surface area contributed by atoms with Crippen molar-refractivity contribution in [2.24, 2.45) is 5.41 Å². The fourth-order valence-electron chi connectivity index (χ4n) is 3.93. The fraction of sp³-hybridized carbons (Fsp3) is 0.321. The number of hydrogen-bond acceptors (Lipinski definition) is 5. The van der Waals surface area contributed by atoms with Crippen LogP contribution in [0.25, 0.3) is 12.2 Å². The van der Waals surface area contributed by atoms with Gasteiger partial charge in [0.15, 0.2) is 12.4 Å². The summed E-state index contributed by atoms with van der Waals surface area (Å²) in [6.07, 6.45) is 19.9. The molecule has 0 radical (unpaired) electrons. The van der Waals surface area contributed by atoms with E-state index < -0.39 is 10.2 Å². The summed E-state index contributed by atoms with van der Waals surface area (Å²) in [6, 6.07) is 13.0. The minimum Gasteiger partial charge on any atom is -0.378 e. The average molecular weight is 499 g/mol. The zero-order chi connectivity index (χ0) is 26.1. The van der Waals surface area contributed by atoms with Gasteiger partial charge in [0.05, 0.1) is 0 Å². The molecule has 0 bridgehead atoms. The molecule has 35 heavy (non-hydrogen) atoms. The monoisotopic (exact) mass is 498 g/mol. The Balaban J connectivity index is 0.000000784. The lowest BCUT2D eigenvalue weighted by Crippen LogP contribution is -2.68. The van der Waals surface area contributed by atoms with Crippen molar-refractivity contribution in [2.45, 2.75) is 40.2 Å². The molecule has 0 saturated heterocycles. The maximum absolute atomic E-state index is 8.49. The molecule has 0 N–H and O–H groups in total. The zero-order valence-corrected chi connectivity index (χ0v) is 21.9. The zero-order valence-electron chi connectivity index (χ0n) is 21.1. The number of rotatable bonds is 6. The van der Waals surface area contributed by atoms with E-state index in [1.807, 2.05) is 0 Å². The Kier molecular flexibility index (Phi) is 10.4. The first kappa shape index (κ1) is 28.5. The largest absolute Gasteiger partial charge is 0.378 e. The third kappa shape index (κ3) is 11.5. The molecule has 1 aliphatic rings. The van der Waals surface area contributed by atoms with Crippen LogP contribution in [-0.4, -0.2) is 14.1 Å². The Morgan fingerprint density at radius 3 is 2.00 bits per heavy atom. The summed E-state index contributed by atoms with van der Waals surface area (Å²) < 4.78 is 36.2. The third-order valence-corrected chi connectivity index (χ3v) is 5.49. The van der Waals surface area contributed by atoms with Crippen LogP contribution in [0.5, 0.6) is 0 Å². The van der Waals surface area contributed by atoms with Crippen molar-refractivity contribution in [1.82, 2.24) is 0 Å². The second-order valence-corrected chi connectivity index (χ2v) is 10.3. The number of pyridine rings is 1. The lowest BCUT2D eigenvalue weighted by Gasteiger charge is -2.30.